The van der Waals surface area contributed by atoms with Gasteiger partial charge in [0.25, 0.3) is 10.0 Å². The second kappa shape index (κ2) is 9.68. The highest BCUT2D eigenvalue weighted by molar-refractivity contribution is 7.92. The van der Waals surface area contributed by atoms with Crippen LogP contribution in [0.25, 0.3) is 16.9 Å². The molecule has 11 heteroatoms. The number of rotatable bonds is 5. The van der Waals surface area contributed by atoms with E-state index < -0.39 is 16.0 Å². The fourth-order valence-corrected chi connectivity index (χ4v) is 6.36. The number of aryl methyl sites for hydroxylation is 1. The molecule has 3 aromatic carbocycles. The molecule has 0 fully saturated rings. The van der Waals surface area contributed by atoms with Gasteiger partial charge in [-0.15, -0.1) is 0 Å². The van der Waals surface area contributed by atoms with Crippen LogP contribution in [0.2, 0.25) is 15.1 Å². The number of fused-ring (bicyclic) bond motifs is 3. The first kappa shape index (κ1) is 25.6. The van der Waals surface area contributed by atoms with E-state index in [2.05, 4.69) is 5.10 Å². The smallest absolute Gasteiger partial charge is 0.359 e. The van der Waals surface area contributed by atoms with Crippen molar-refractivity contribution in [1.82, 2.24) is 9.78 Å². The highest BCUT2D eigenvalue weighted by Crippen LogP contribution is 2.45. The van der Waals surface area contributed by atoms with Crippen LogP contribution < -0.4 is 4.31 Å². The SMILES string of the molecule is CCOC(=O)c1nn(-c2ccc(Cl)cc2Cl)c2c1CN(S(=O)(=O)c1ccc(C)cc1)c1cc(Cl)ccc1-2. The van der Waals surface area contributed by atoms with Crippen molar-refractivity contribution >= 4 is 56.5 Å². The molecule has 4 aromatic rings. The minimum atomic E-state index is -4.03. The molecule has 37 heavy (non-hydrogen) atoms. The van der Waals surface area contributed by atoms with Crippen molar-refractivity contribution in [3.8, 4) is 16.9 Å². The number of carbonyl (C=O) groups is 1. The number of carbonyl (C=O) groups excluding carboxylic acids is 1. The standard InChI is InChI=1S/C26H20Cl3N3O4S/c1-3-36-26(33)24-20-14-31(37(34,35)18-8-4-15(2)5-9-18)23-13-17(28)6-10-19(23)25(20)32(30-24)22-11-7-16(27)12-21(22)29/h4-13H,3,14H2,1-2H3. The summed E-state index contributed by atoms with van der Waals surface area (Å²) in [6.07, 6.45) is 0. The lowest BCUT2D eigenvalue weighted by molar-refractivity contribution is 0.0517. The molecule has 0 aliphatic carbocycles. The summed E-state index contributed by atoms with van der Waals surface area (Å²) < 4.78 is 35.7. The predicted octanol–water partition coefficient (Wildman–Crippen LogP) is 6.69. The van der Waals surface area contributed by atoms with Crippen molar-refractivity contribution in [3.63, 3.8) is 0 Å². The molecule has 7 nitrogen and oxygen atoms in total. The zero-order valence-electron chi connectivity index (χ0n) is 19.7. The molecular weight excluding hydrogens is 557 g/mol. The number of sulfonamides is 1. The summed E-state index contributed by atoms with van der Waals surface area (Å²) in [4.78, 5) is 13.1. The maximum atomic E-state index is 13.9. The molecule has 0 saturated carbocycles. The van der Waals surface area contributed by atoms with Crippen molar-refractivity contribution in [2.45, 2.75) is 25.3 Å². The van der Waals surface area contributed by atoms with E-state index in [4.69, 9.17) is 39.5 Å². The number of aromatic nitrogens is 2. The van der Waals surface area contributed by atoms with Crippen LogP contribution in [0.1, 0.15) is 28.5 Å². The first-order valence-electron chi connectivity index (χ1n) is 11.3. The molecule has 190 valence electrons. The van der Waals surface area contributed by atoms with Crippen LogP contribution in [0.15, 0.2) is 65.6 Å². The lowest BCUT2D eigenvalue weighted by Gasteiger charge is -2.31. The first-order valence-corrected chi connectivity index (χ1v) is 13.8. The van der Waals surface area contributed by atoms with E-state index in [1.165, 1.54) is 8.99 Å². The number of ether oxygens (including phenoxy) is 1. The topological polar surface area (TPSA) is 81.5 Å². The number of nitrogens with zero attached hydrogens (tertiary/aromatic N) is 3. The number of benzene rings is 3. The minimum absolute atomic E-state index is 0.00688. The van der Waals surface area contributed by atoms with Crippen LogP contribution in [-0.4, -0.2) is 30.8 Å². The van der Waals surface area contributed by atoms with E-state index in [0.29, 0.717) is 43.3 Å². The number of halogens is 3. The Morgan fingerprint density at radius 1 is 0.973 bits per heavy atom. The van der Waals surface area contributed by atoms with Crippen LogP contribution in [0.3, 0.4) is 0 Å². The van der Waals surface area contributed by atoms with E-state index in [1.807, 2.05) is 6.92 Å². The lowest BCUT2D eigenvalue weighted by atomic mass is 9.99. The van der Waals surface area contributed by atoms with Gasteiger partial charge in [-0.2, -0.15) is 5.10 Å². The second-order valence-corrected chi connectivity index (χ2v) is 11.5. The maximum absolute atomic E-state index is 13.9. The molecule has 0 spiro atoms. The molecule has 2 heterocycles. The Kier molecular flexibility index (Phi) is 6.70. The monoisotopic (exact) mass is 575 g/mol. The van der Waals surface area contributed by atoms with Gasteiger partial charge in [-0.1, -0.05) is 52.5 Å². The molecule has 1 aromatic heterocycles. The molecule has 5 rings (SSSR count). The van der Waals surface area contributed by atoms with Crippen LogP contribution in [0, 0.1) is 6.92 Å². The number of hydrogen-bond donors (Lipinski definition) is 0. The summed E-state index contributed by atoms with van der Waals surface area (Å²) in [6.45, 7) is 3.52. The summed E-state index contributed by atoms with van der Waals surface area (Å²) in [5.41, 5.74) is 3.14. The van der Waals surface area contributed by atoms with E-state index in [-0.39, 0.29) is 23.7 Å². The largest absolute Gasteiger partial charge is 0.461 e. The van der Waals surface area contributed by atoms with Crippen molar-refractivity contribution in [2.24, 2.45) is 0 Å². The first-order chi connectivity index (χ1) is 17.6. The molecule has 0 atom stereocenters. The molecule has 1 aliphatic heterocycles. The second-order valence-electron chi connectivity index (χ2n) is 8.39. The molecule has 1 aliphatic rings. The zero-order valence-corrected chi connectivity index (χ0v) is 22.8. The highest BCUT2D eigenvalue weighted by Gasteiger charge is 2.38. The maximum Gasteiger partial charge on any atom is 0.359 e. The fourth-order valence-electron chi connectivity index (χ4n) is 4.26. The van der Waals surface area contributed by atoms with Crippen molar-refractivity contribution in [1.29, 1.82) is 0 Å². The van der Waals surface area contributed by atoms with Gasteiger partial charge in [0, 0.05) is 21.2 Å². The summed E-state index contributed by atoms with van der Waals surface area (Å²) in [7, 11) is -4.03. The van der Waals surface area contributed by atoms with Crippen LogP contribution in [0.4, 0.5) is 5.69 Å². The normalized spacial score (nSPS) is 12.7. The molecule has 0 radical (unpaired) electrons. The quantitative estimate of drug-likeness (QED) is 0.247. The van der Waals surface area contributed by atoms with Crippen LogP contribution in [-0.2, 0) is 21.3 Å². The molecule has 0 amide bonds. The third-order valence-corrected chi connectivity index (χ3v) is 8.53. The van der Waals surface area contributed by atoms with E-state index >= 15 is 0 Å². The molecule has 0 unspecified atom stereocenters. The Balaban J connectivity index is 1.79. The average molecular weight is 577 g/mol. The number of esters is 1. The molecule has 0 bridgehead atoms. The lowest BCUT2D eigenvalue weighted by Crippen LogP contribution is -2.34. The molecule has 0 N–H and O–H groups in total. The van der Waals surface area contributed by atoms with Gasteiger partial charge in [0.1, 0.15) is 0 Å². The number of hydrogen-bond acceptors (Lipinski definition) is 5. The van der Waals surface area contributed by atoms with Gasteiger partial charge in [-0.25, -0.2) is 17.9 Å². The van der Waals surface area contributed by atoms with Gasteiger partial charge in [0.2, 0.25) is 0 Å². The van der Waals surface area contributed by atoms with Gasteiger partial charge in [-0.3, -0.25) is 4.31 Å². The van der Waals surface area contributed by atoms with Gasteiger partial charge in [-0.05, 0) is 62.4 Å². The van der Waals surface area contributed by atoms with Crippen molar-refractivity contribution in [3.05, 3.63) is 92.6 Å². The predicted molar refractivity (Wildman–Crippen MR) is 145 cm³/mol. The Bertz CT molecular complexity index is 1650. The summed E-state index contributed by atoms with van der Waals surface area (Å²) in [6, 6.07) is 16.4. The Morgan fingerprint density at radius 2 is 1.65 bits per heavy atom. The number of anilines is 1. The van der Waals surface area contributed by atoms with Gasteiger partial charge in [0.15, 0.2) is 5.69 Å². The Hall–Kier alpha value is -3.04. The zero-order chi connectivity index (χ0) is 26.5. The fraction of sp³-hybridized carbons (Fsp3) is 0.154. The minimum Gasteiger partial charge on any atom is -0.461 e. The third kappa shape index (κ3) is 4.48. The van der Waals surface area contributed by atoms with Crippen molar-refractivity contribution in [2.75, 3.05) is 10.9 Å². The summed E-state index contributed by atoms with van der Waals surface area (Å²) >= 11 is 18.9. The summed E-state index contributed by atoms with van der Waals surface area (Å²) in [5, 5.41) is 5.64. The third-order valence-electron chi connectivity index (χ3n) is 5.98. The van der Waals surface area contributed by atoms with E-state index in [1.54, 1.807) is 67.6 Å². The van der Waals surface area contributed by atoms with Crippen LogP contribution >= 0.6 is 34.8 Å². The van der Waals surface area contributed by atoms with E-state index in [0.717, 1.165) is 5.56 Å². The van der Waals surface area contributed by atoms with Crippen LogP contribution in [0.5, 0.6) is 0 Å². The van der Waals surface area contributed by atoms with E-state index in [9.17, 15) is 13.2 Å². The Morgan fingerprint density at radius 3 is 2.32 bits per heavy atom. The highest BCUT2D eigenvalue weighted by atomic mass is 35.5. The van der Waals surface area contributed by atoms with Gasteiger partial charge in [0.05, 0.1) is 40.1 Å². The summed E-state index contributed by atoms with van der Waals surface area (Å²) in [5.74, 6) is -0.673. The Labute approximate surface area is 229 Å². The van der Waals surface area contributed by atoms with Gasteiger partial charge < -0.3 is 4.74 Å². The van der Waals surface area contributed by atoms with Gasteiger partial charge >= 0.3 is 5.97 Å². The molecular formula is C26H20Cl3N3O4S. The van der Waals surface area contributed by atoms with Crippen molar-refractivity contribution < 1.29 is 17.9 Å². The molecule has 0 saturated heterocycles. The average Bonchev–Trinajstić information content (AvgIpc) is 3.23.